The standard InChI is InChI=1S/C23H29N3O4/c1-16-6-9-18(10-7-16)25-23(28)26-14-4-5-19(26)22(27)24-13-12-17-8-11-20(29-2)21(15-17)30-3/h6-11,15,19H,4-5,12-14H2,1-3H3,(H,24,27)(H,25,28)/t19-/m1/s1. The molecule has 1 saturated heterocycles. The fraction of sp³-hybridized carbons (Fsp3) is 0.391. The van der Waals surface area contributed by atoms with Crippen LogP contribution in [-0.4, -0.2) is 50.2 Å². The van der Waals surface area contributed by atoms with Crippen molar-refractivity contribution in [3.8, 4) is 11.5 Å². The first-order valence-corrected chi connectivity index (χ1v) is 10.1. The summed E-state index contributed by atoms with van der Waals surface area (Å²) in [5.41, 5.74) is 2.89. The predicted molar refractivity (Wildman–Crippen MR) is 116 cm³/mol. The second kappa shape index (κ2) is 10.0. The van der Waals surface area contributed by atoms with Crippen molar-refractivity contribution in [2.75, 3.05) is 32.6 Å². The van der Waals surface area contributed by atoms with Crippen molar-refractivity contribution in [2.45, 2.75) is 32.2 Å². The Morgan fingerprint density at radius 1 is 1.07 bits per heavy atom. The van der Waals surface area contributed by atoms with Crippen LogP contribution < -0.4 is 20.1 Å². The average Bonchev–Trinajstić information content (AvgIpc) is 3.25. The van der Waals surface area contributed by atoms with Gasteiger partial charge in [0.1, 0.15) is 6.04 Å². The normalized spacial score (nSPS) is 15.6. The molecule has 7 heteroatoms. The number of carbonyl (C=O) groups is 2. The molecule has 7 nitrogen and oxygen atoms in total. The van der Waals surface area contributed by atoms with Crippen LogP contribution in [-0.2, 0) is 11.2 Å². The van der Waals surface area contributed by atoms with E-state index >= 15 is 0 Å². The molecule has 30 heavy (non-hydrogen) atoms. The smallest absolute Gasteiger partial charge is 0.322 e. The first-order chi connectivity index (χ1) is 14.5. The van der Waals surface area contributed by atoms with Crippen LogP contribution in [0.1, 0.15) is 24.0 Å². The van der Waals surface area contributed by atoms with Crippen LogP contribution in [0.4, 0.5) is 10.5 Å². The van der Waals surface area contributed by atoms with E-state index in [1.807, 2.05) is 49.4 Å². The van der Waals surface area contributed by atoms with Crippen LogP contribution in [0.3, 0.4) is 0 Å². The van der Waals surface area contributed by atoms with Crippen molar-refractivity contribution in [1.29, 1.82) is 0 Å². The number of methoxy groups -OCH3 is 2. The summed E-state index contributed by atoms with van der Waals surface area (Å²) in [4.78, 5) is 27.0. The molecule has 2 N–H and O–H groups in total. The topological polar surface area (TPSA) is 79.9 Å². The molecular weight excluding hydrogens is 382 g/mol. The maximum absolute atomic E-state index is 12.7. The third-order valence-corrected chi connectivity index (χ3v) is 5.28. The van der Waals surface area contributed by atoms with Gasteiger partial charge in [0.05, 0.1) is 14.2 Å². The number of aryl methyl sites for hydroxylation is 1. The highest BCUT2D eigenvalue weighted by Crippen LogP contribution is 2.27. The minimum Gasteiger partial charge on any atom is -0.493 e. The lowest BCUT2D eigenvalue weighted by molar-refractivity contribution is -0.124. The van der Waals surface area contributed by atoms with Crippen LogP contribution in [0.2, 0.25) is 0 Å². The molecule has 1 aliphatic rings. The third kappa shape index (κ3) is 5.23. The van der Waals surface area contributed by atoms with E-state index in [2.05, 4.69) is 10.6 Å². The summed E-state index contributed by atoms with van der Waals surface area (Å²) in [6, 6.07) is 12.6. The van der Waals surface area contributed by atoms with Crippen molar-refractivity contribution in [3.05, 3.63) is 53.6 Å². The zero-order valence-electron chi connectivity index (χ0n) is 17.7. The van der Waals surface area contributed by atoms with Gasteiger partial charge in [-0.15, -0.1) is 0 Å². The molecule has 0 unspecified atom stereocenters. The van der Waals surface area contributed by atoms with E-state index in [4.69, 9.17) is 9.47 Å². The summed E-state index contributed by atoms with van der Waals surface area (Å²) in [6.45, 7) is 3.05. The van der Waals surface area contributed by atoms with E-state index < -0.39 is 6.04 Å². The molecule has 1 aliphatic heterocycles. The minimum absolute atomic E-state index is 0.118. The maximum Gasteiger partial charge on any atom is 0.322 e. The number of amides is 3. The van der Waals surface area contributed by atoms with Gasteiger partial charge in [-0.3, -0.25) is 4.79 Å². The monoisotopic (exact) mass is 411 g/mol. The largest absolute Gasteiger partial charge is 0.493 e. The van der Waals surface area contributed by atoms with Gasteiger partial charge in [0.2, 0.25) is 5.91 Å². The second-order valence-electron chi connectivity index (χ2n) is 7.38. The van der Waals surface area contributed by atoms with E-state index in [0.717, 1.165) is 23.2 Å². The van der Waals surface area contributed by atoms with Crippen LogP contribution >= 0.6 is 0 Å². The number of urea groups is 1. The Bertz CT molecular complexity index is 883. The number of nitrogens with one attached hydrogen (secondary N) is 2. The van der Waals surface area contributed by atoms with Gasteiger partial charge in [-0.2, -0.15) is 0 Å². The number of benzene rings is 2. The quantitative estimate of drug-likeness (QED) is 0.732. The summed E-state index contributed by atoms with van der Waals surface area (Å²) in [5, 5.41) is 5.85. The summed E-state index contributed by atoms with van der Waals surface area (Å²) in [6.07, 6.45) is 2.15. The number of anilines is 1. The Balaban J connectivity index is 1.53. The van der Waals surface area contributed by atoms with E-state index in [1.165, 1.54) is 0 Å². The summed E-state index contributed by atoms with van der Waals surface area (Å²) in [7, 11) is 3.19. The first-order valence-electron chi connectivity index (χ1n) is 10.1. The highest BCUT2D eigenvalue weighted by Gasteiger charge is 2.33. The van der Waals surface area contributed by atoms with Gasteiger partial charge in [0.15, 0.2) is 11.5 Å². The minimum atomic E-state index is -0.444. The van der Waals surface area contributed by atoms with Gasteiger partial charge in [0, 0.05) is 18.8 Å². The molecule has 0 saturated carbocycles. The van der Waals surface area contributed by atoms with Gasteiger partial charge in [-0.05, 0) is 56.0 Å². The van der Waals surface area contributed by atoms with E-state index in [1.54, 1.807) is 19.1 Å². The first kappa shape index (κ1) is 21.5. The fourth-order valence-electron chi connectivity index (χ4n) is 3.60. The summed E-state index contributed by atoms with van der Waals surface area (Å²) in [5.74, 6) is 1.22. The van der Waals surface area contributed by atoms with Gasteiger partial charge in [-0.1, -0.05) is 23.8 Å². The van der Waals surface area contributed by atoms with Gasteiger partial charge >= 0.3 is 6.03 Å². The van der Waals surface area contributed by atoms with Crippen molar-refractivity contribution in [2.24, 2.45) is 0 Å². The van der Waals surface area contributed by atoms with Crippen LogP contribution in [0.5, 0.6) is 11.5 Å². The number of nitrogens with zero attached hydrogens (tertiary/aromatic N) is 1. The van der Waals surface area contributed by atoms with Crippen LogP contribution in [0, 0.1) is 6.92 Å². The molecule has 0 aliphatic carbocycles. The fourth-order valence-corrected chi connectivity index (χ4v) is 3.60. The van der Waals surface area contributed by atoms with Crippen molar-refractivity contribution in [3.63, 3.8) is 0 Å². The number of hydrogen-bond donors (Lipinski definition) is 2. The van der Waals surface area contributed by atoms with Crippen molar-refractivity contribution in [1.82, 2.24) is 10.2 Å². The Labute approximate surface area is 177 Å². The Morgan fingerprint density at radius 3 is 2.50 bits per heavy atom. The second-order valence-corrected chi connectivity index (χ2v) is 7.38. The molecular formula is C23H29N3O4. The maximum atomic E-state index is 12.7. The van der Waals surface area contributed by atoms with E-state index in [-0.39, 0.29) is 11.9 Å². The number of likely N-dealkylation sites (tertiary alicyclic amines) is 1. The molecule has 1 atom stereocenters. The van der Waals surface area contributed by atoms with Crippen molar-refractivity contribution < 1.29 is 19.1 Å². The zero-order valence-corrected chi connectivity index (χ0v) is 17.7. The molecule has 0 bridgehead atoms. The molecule has 1 heterocycles. The van der Waals surface area contributed by atoms with Crippen LogP contribution in [0.25, 0.3) is 0 Å². The Hall–Kier alpha value is -3.22. The molecule has 160 valence electrons. The third-order valence-electron chi connectivity index (χ3n) is 5.28. The SMILES string of the molecule is COc1ccc(CCNC(=O)[C@H]2CCCN2C(=O)Nc2ccc(C)cc2)cc1OC. The molecule has 2 aromatic rings. The highest BCUT2D eigenvalue weighted by atomic mass is 16.5. The molecule has 3 rings (SSSR count). The Morgan fingerprint density at radius 2 is 1.80 bits per heavy atom. The van der Waals surface area contributed by atoms with Gasteiger partial charge in [0.25, 0.3) is 0 Å². The summed E-state index contributed by atoms with van der Waals surface area (Å²) < 4.78 is 10.6. The van der Waals surface area contributed by atoms with Gasteiger partial charge in [-0.25, -0.2) is 4.79 Å². The molecule has 0 spiro atoms. The lowest BCUT2D eigenvalue weighted by atomic mass is 10.1. The molecule has 3 amide bonds. The lowest BCUT2D eigenvalue weighted by Gasteiger charge is -2.24. The van der Waals surface area contributed by atoms with E-state index in [9.17, 15) is 9.59 Å². The summed E-state index contributed by atoms with van der Waals surface area (Å²) >= 11 is 0. The molecule has 1 fully saturated rings. The van der Waals surface area contributed by atoms with Crippen LogP contribution in [0.15, 0.2) is 42.5 Å². The number of ether oxygens (including phenoxy) is 2. The number of rotatable bonds is 7. The van der Waals surface area contributed by atoms with E-state index in [0.29, 0.717) is 37.4 Å². The molecule has 2 aromatic carbocycles. The highest BCUT2D eigenvalue weighted by molar-refractivity contribution is 5.94. The van der Waals surface area contributed by atoms with Crippen molar-refractivity contribution >= 4 is 17.6 Å². The predicted octanol–water partition coefficient (Wildman–Crippen LogP) is 3.37. The number of hydrogen-bond acceptors (Lipinski definition) is 4. The van der Waals surface area contributed by atoms with Gasteiger partial charge < -0.3 is 25.0 Å². The molecule has 0 radical (unpaired) electrons. The lowest BCUT2D eigenvalue weighted by Crippen LogP contribution is -2.47. The number of carbonyl (C=O) groups excluding carboxylic acids is 2. The zero-order chi connectivity index (χ0) is 21.5. The molecule has 0 aromatic heterocycles. The average molecular weight is 412 g/mol. The Kier molecular flexibility index (Phi) is 7.17.